The van der Waals surface area contributed by atoms with Gasteiger partial charge in [-0.15, -0.1) is 5.10 Å². The van der Waals surface area contributed by atoms with Crippen LogP contribution in [0.3, 0.4) is 0 Å². The van der Waals surface area contributed by atoms with Crippen LogP contribution in [0.5, 0.6) is 0 Å². The highest BCUT2D eigenvalue weighted by atomic mass is 32.1. The molecule has 2 aromatic rings. The minimum Gasteiger partial charge on any atom is -0.336 e. The molecule has 4 nitrogen and oxygen atoms in total. The number of H-pyrrole nitrogens is 1. The molecule has 0 saturated carbocycles. The van der Waals surface area contributed by atoms with Gasteiger partial charge in [-0.25, -0.2) is 5.10 Å². The van der Waals surface area contributed by atoms with Crippen molar-refractivity contribution in [2.75, 3.05) is 11.4 Å². The van der Waals surface area contributed by atoms with Crippen LogP contribution < -0.4 is 4.90 Å². The summed E-state index contributed by atoms with van der Waals surface area (Å²) in [5.74, 6) is 0.953. The van der Waals surface area contributed by atoms with Gasteiger partial charge in [0.05, 0.1) is 0 Å². The minimum atomic E-state index is 0.318. The van der Waals surface area contributed by atoms with E-state index in [1.165, 1.54) is 11.1 Å². The van der Waals surface area contributed by atoms with Crippen LogP contribution in [-0.2, 0) is 13.0 Å². The topological polar surface area (TPSA) is 36.9 Å². The largest absolute Gasteiger partial charge is 0.336 e. The van der Waals surface area contributed by atoms with Crippen molar-refractivity contribution in [1.82, 2.24) is 14.8 Å². The Morgan fingerprint density at radius 3 is 2.74 bits per heavy atom. The van der Waals surface area contributed by atoms with E-state index < -0.39 is 0 Å². The lowest BCUT2D eigenvalue weighted by molar-refractivity contribution is 0.570. The van der Waals surface area contributed by atoms with Gasteiger partial charge >= 0.3 is 0 Å². The number of nitrogens with one attached hydrogen (secondary N) is 1. The lowest BCUT2D eigenvalue weighted by atomic mass is 10.0. The van der Waals surface area contributed by atoms with Gasteiger partial charge < -0.3 is 4.90 Å². The fourth-order valence-electron chi connectivity index (χ4n) is 2.65. The predicted octanol–water partition coefficient (Wildman–Crippen LogP) is 3.08. The summed E-state index contributed by atoms with van der Waals surface area (Å²) in [6, 6.07) is 8.94. The molecular formula is C14H18N4S. The number of nitrogens with zero attached hydrogens (tertiary/aromatic N) is 3. The fraction of sp³-hybridized carbons (Fsp3) is 0.429. The number of aromatic nitrogens is 3. The first-order valence-corrected chi connectivity index (χ1v) is 7.06. The third kappa shape index (κ3) is 2.18. The van der Waals surface area contributed by atoms with Crippen molar-refractivity contribution in [3.05, 3.63) is 40.2 Å². The summed E-state index contributed by atoms with van der Waals surface area (Å²) in [6.45, 7) is 6.16. The normalized spacial score (nSPS) is 14.8. The molecule has 1 aliphatic heterocycles. The van der Waals surface area contributed by atoms with Crippen molar-refractivity contribution < 1.29 is 0 Å². The molecule has 1 aromatic carbocycles. The van der Waals surface area contributed by atoms with Crippen molar-refractivity contribution >= 4 is 18.2 Å². The average molecular weight is 274 g/mol. The van der Waals surface area contributed by atoms with Gasteiger partial charge in [0, 0.05) is 19.1 Å². The molecule has 1 aromatic heterocycles. The summed E-state index contributed by atoms with van der Waals surface area (Å²) in [5, 5.41) is 7.32. The van der Waals surface area contributed by atoms with E-state index in [0.717, 1.165) is 25.5 Å². The SMILES string of the molecule is CC(C)n1c(N2CCc3ccccc3C2)n[nH]c1=S. The zero-order valence-electron chi connectivity index (χ0n) is 11.3. The molecule has 1 N–H and O–H groups in total. The summed E-state index contributed by atoms with van der Waals surface area (Å²) in [7, 11) is 0. The number of rotatable bonds is 2. The maximum atomic E-state index is 5.31. The molecule has 0 amide bonds. The molecule has 2 heterocycles. The van der Waals surface area contributed by atoms with Crippen LogP contribution in [0.1, 0.15) is 31.0 Å². The van der Waals surface area contributed by atoms with E-state index in [-0.39, 0.29) is 0 Å². The maximum absolute atomic E-state index is 5.31. The van der Waals surface area contributed by atoms with Gasteiger partial charge in [-0.05, 0) is 43.6 Å². The molecule has 100 valence electrons. The second kappa shape index (κ2) is 4.81. The van der Waals surface area contributed by atoms with Crippen molar-refractivity contribution in [2.45, 2.75) is 32.9 Å². The Morgan fingerprint density at radius 2 is 2.00 bits per heavy atom. The monoisotopic (exact) mass is 274 g/mol. The van der Waals surface area contributed by atoms with Crippen LogP contribution in [0.15, 0.2) is 24.3 Å². The standard InChI is InChI=1S/C14H18N4S/c1-10(2)18-13(15-16-14(18)19)17-8-7-11-5-3-4-6-12(11)9-17/h3-6,10H,7-9H2,1-2H3,(H,16,19). The maximum Gasteiger partial charge on any atom is 0.226 e. The number of hydrogen-bond acceptors (Lipinski definition) is 3. The van der Waals surface area contributed by atoms with Crippen LogP contribution in [0, 0.1) is 4.77 Å². The molecular weight excluding hydrogens is 256 g/mol. The average Bonchev–Trinajstić information content (AvgIpc) is 2.80. The molecule has 3 rings (SSSR count). The number of anilines is 1. The zero-order valence-corrected chi connectivity index (χ0v) is 12.1. The van der Waals surface area contributed by atoms with Crippen LogP contribution >= 0.6 is 12.2 Å². The number of fused-ring (bicyclic) bond motifs is 1. The van der Waals surface area contributed by atoms with Crippen molar-refractivity contribution in [2.24, 2.45) is 0 Å². The van der Waals surface area contributed by atoms with Crippen molar-refractivity contribution in [3.63, 3.8) is 0 Å². The van der Waals surface area contributed by atoms with Gasteiger partial charge in [-0.1, -0.05) is 24.3 Å². The number of benzene rings is 1. The summed E-state index contributed by atoms with van der Waals surface area (Å²) in [4.78, 5) is 2.30. The second-order valence-corrected chi connectivity index (χ2v) is 5.62. The van der Waals surface area contributed by atoms with Gasteiger partial charge in [0.25, 0.3) is 0 Å². The molecule has 0 atom stereocenters. The van der Waals surface area contributed by atoms with Gasteiger partial charge in [0.2, 0.25) is 5.95 Å². The Bertz CT molecular complexity index is 641. The Kier molecular flexibility index (Phi) is 3.14. The molecule has 0 saturated heterocycles. The van der Waals surface area contributed by atoms with E-state index in [1.807, 2.05) is 0 Å². The Balaban J connectivity index is 1.96. The zero-order chi connectivity index (χ0) is 13.4. The first-order valence-electron chi connectivity index (χ1n) is 6.65. The van der Waals surface area contributed by atoms with Gasteiger partial charge in [-0.2, -0.15) is 0 Å². The van der Waals surface area contributed by atoms with Crippen LogP contribution in [0.25, 0.3) is 0 Å². The van der Waals surface area contributed by atoms with E-state index in [4.69, 9.17) is 12.2 Å². The molecule has 0 radical (unpaired) electrons. The highest BCUT2D eigenvalue weighted by molar-refractivity contribution is 7.71. The first-order chi connectivity index (χ1) is 9.16. The summed E-state index contributed by atoms with van der Waals surface area (Å²) < 4.78 is 2.78. The molecule has 19 heavy (non-hydrogen) atoms. The predicted molar refractivity (Wildman–Crippen MR) is 79.0 cm³/mol. The van der Waals surface area contributed by atoms with Gasteiger partial charge in [-0.3, -0.25) is 4.57 Å². The number of aromatic amines is 1. The Morgan fingerprint density at radius 1 is 1.26 bits per heavy atom. The lowest BCUT2D eigenvalue weighted by Gasteiger charge is -2.30. The van der Waals surface area contributed by atoms with E-state index in [0.29, 0.717) is 10.8 Å². The molecule has 0 fully saturated rings. The molecule has 0 spiro atoms. The molecule has 1 aliphatic rings. The van der Waals surface area contributed by atoms with Gasteiger partial charge in [0.15, 0.2) is 4.77 Å². The minimum absolute atomic E-state index is 0.318. The second-order valence-electron chi connectivity index (χ2n) is 5.23. The quantitative estimate of drug-likeness (QED) is 0.855. The fourth-order valence-corrected chi connectivity index (χ4v) is 2.99. The smallest absolute Gasteiger partial charge is 0.226 e. The summed E-state index contributed by atoms with van der Waals surface area (Å²) >= 11 is 5.31. The van der Waals surface area contributed by atoms with Gasteiger partial charge in [0.1, 0.15) is 0 Å². The van der Waals surface area contributed by atoms with Crippen molar-refractivity contribution in [1.29, 1.82) is 0 Å². The lowest BCUT2D eigenvalue weighted by Crippen LogP contribution is -2.32. The Hall–Kier alpha value is -1.62. The van der Waals surface area contributed by atoms with E-state index in [9.17, 15) is 0 Å². The number of hydrogen-bond donors (Lipinski definition) is 1. The third-order valence-electron chi connectivity index (χ3n) is 3.62. The molecule has 0 unspecified atom stereocenters. The third-order valence-corrected chi connectivity index (χ3v) is 3.90. The van der Waals surface area contributed by atoms with E-state index in [1.54, 1.807) is 0 Å². The Labute approximate surface area is 118 Å². The van der Waals surface area contributed by atoms with E-state index in [2.05, 4.69) is 57.8 Å². The summed E-state index contributed by atoms with van der Waals surface area (Å²) in [6.07, 6.45) is 1.06. The van der Waals surface area contributed by atoms with E-state index >= 15 is 0 Å². The molecule has 5 heteroatoms. The van der Waals surface area contributed by atoms with Crippen LogP contribution in [-0.4, -0.2) is 21.3 Å². The van der Waals surface area contributed by atoms with Crippen molar-refractivity contribution in [3.8, 4) is 0 Å². The first kappa shape index (κ1) is 12.4. The summed E-state index contributed by atoms with van der Waals surface area (Å²) in [5.41, 5.74) is 2.84. The molecule has 0 bridgehead atoms. The highest BCUT2D eigenvalue weighted by Gasteiger charge is 2.21. The van der Waals surface area contributed by atoms with Crippen LogP contribution in [0.2, 0.25) is 0 Å². The highest BCUT2D eigenvalue weighted by Crippen LogP contribution is 2.24. The van der Waals surface area contributed by atoms with Crippen LogP contribution in [0.4, 0.5) is 5.95 Å². The molecule has 0 aliphatic carbocycles.